The number of benzene rings is 1. The molecule has 2 N–H and O–H groups in total. The smallest absolute Gasteiger partial charge is 0.406 e. The molecule has 34 heavy (non-hydrogen) atoms. The minimum atomic E-state index is -4.76. The van der Waals surface area contributed by atoms with Crippen molar-refractivity contribution in [3.63, 3.8) is 0 Å². The summed E-state index contributed by atoms with van der Waals surface area (Å²) >= 11 is 0. The molecule has 1 aromatic rings. The number of hydrogen-bond acceptors (Lipinski definition) is 3. The van der Waals surface area contributed by atoms with Gasteiger partial charge in [0, 0.05) is 25.1 Å². The van der Waals surface area contributed by atoms with E-state index in [9.17, 15) is 35.9 Å². The van der Waals surface area contributed by atoms with Gasteiger partial charge in [-0.3, -0.25) is 9.59 Å². The van der Waals surface area contributed by atoms with E-state index in [0.29, 0.717) is 19.0 Å². The highest BCUT2D eigenvalue weighted by Crippen LogP contribution is 2.23. The summed E-state index contributed by atoms with van der Waals surface area (Å²) < 4.78 is 75.0. The summed E-state index contributed by atoms with van der Waals surface area (Å²) in [5, 5.41) is 5.15. The van der Waals surface area contributed by atoms with Gasteiger partial charge >= 0.3 is 12.5 Å². The Hall–Kier alpha value is -2.46. The van der Waals surface area contributed by atoms with E-state index in [-0.39, 0.29) is 17.2 Å². The van der Waals surface area contributed by atoms with Crippen LogP contribution in [0, 0.1) is 5.92 Å². The van der Waals surface area contributed by atoms with E-state index in [2.05, 4.69) is 29.2 Å². The van der Waals surface area contributed by atoms with Gasteiger partial charge in [-0.1, -0.05) is 39.7 Å². The van der Waals surface area contributed by atoms with E-state index in [4.69, 9.17) is 0 Å². The van der Waals surface area contributed by atoms with Crippen molar-refractivity contribution in [2.75, 3.05) is 13.1 Å². The zero-order valence-corrected chi connectivity index (χ0v) is 19.7. The lowest BCUT2D eigenvalue weighted by Gasteiger charge is -2.16. The quantitative estimate of drug-likeness (QED) is 0.327. The van der Waals surface area contributed by atoms with Gasteiger partial charge in [0.25, 0.3) is 5.91 Å². The van der Waals surface area contributed by atoms with Crippen LogP contribution in [-0.2, 0) is 4.79 Å². The summed E-state index contributed by atoms with van der Waals surface area (Å²) in [6.45, 7) is 6.98. The molecule has 196 valence electrons. The molecule has 5 nitrogen and oxygen atoms in total. The topological polar surface area (TPSA) is 67.4 Å². The maximum absolute atomic E-state index is 12.2. The molecular formula is C23H34F6N2O3. The number of amides is 2. The second kappa shape index (κ2) is 16.2. The minimum absolute atomic E-state index is 0.161. The SMILES string of the molecule is CCCC(CCC)CNC(=O)c1cccc(OC(F)(F)F)c1.CCCNC(=O)CCC(F)(F)F. The van der Waals surface area contributed by atoms with E-state index in [0.717, 1.165) is 38.2 Å². The molecule has 0 atom stereocenters. The molecule has 2 amide bonds. The molecule has 11 heteroatoms. The number of halogens is 6. The van der Waals surface area contributed by atoms with Crippen LogP contribution in [0.2, 0.25) is 0 Å². The van der Waals surface area contributed by atoms with Gasteiger partial charge in [0.15, 0.2) is 0 Å². The molecule has 0 aromatic heterocycles. The fourth-order valence-corrected chi connectivity index (χ4v) is 2.95. The first-order chi connectivity index (χ1) is 15.8. The molecule has 0 heterocycles. The van der Waals surface area contributed by atoms with Crippen LogP contribution in [-0.4, -0.2) is 37.4 Å². The van der Waals surface area contributed by atoms with Crippen LogP contribution >= 0.6 is 0 Å². The normalized spacial score (nSPS) is 11.5. The van der Waals surface area contributed by atoms with Gasteiger partial charge in [0.2, 0.25) is 5.91 Å². The molecule has 0 bridgehead atoms. The maximum atomic E-state index is 12.2. The zero-order chi connectivity index (χ0) is 26.2. The third-order valence-electron chi connectivity index (χ3n) is 4.48. The molecule has 1 aromatic carbocycles. The maximum Gasteiger partial charge on any atom is 0.573 e. The number of ether oxygens (including phenoxy) is 1. The van der Waals surface area contributed by atoms with Crippen LogP contribution in [0.15, 0.2) is 24.3 Å². The third-order valence-corrected chi connectivity index (χ3v) is 4.48. The average Bonchev–Trinajstić information content (AvgIpc) is 2.73. The molecule has 0 saturated heterocycles. The fourth-order valence-electron chi connectivity index (χ4n) is 2.95. The second-order valence-corrected chi connectivity index (χ2v) is 7.69. The predicted octanol–water partition coefficient (Wildman–Crippen LogP) is 6.39. The summed E-state index contributed by atoms with van der Waals surface area (Å²) in [5.41, 5.74) is 0.161. The molecule has 0 aliphatic rings. The monoisotopic (exact) mass is 500 g/mol. The molecule has 0 unspecified atom stereocenters. The van der Waals surface area contributed by atoms with Gasteiger partial charge in [0.1, 0.15) is 5.75 Å². The highest BCUT2D eigenvalue weighted by molar-refractivity contribution is 5.94. The highest BCUT2D eigenvalue weighted by Gasteiger charge is 2.31. The number of hydrogen-bond donors (Lipinski definition) is 2. The minimum Gasteiger partial charge on any atom is -0.406 e. The number of alkyl halides is 6. The molecule has 0 fully saturated rings. The van der Waals surface area contributed by atoms with Gasteiger partial charge in [-0.15, -0.1) is 13.2 Å². The van der Waals surface area contributed by atoms with Gasteiger partial charge in [-0.25, -0.2) is 0 Å². The fraction of sp³-hybridized carbons (Fsp3) is 0.652. The van der Waals surface area contributed by atoms with Gasteiger partial charge in [-0.2, -0.15) is 13.2 Å². The molecule has 0 spiro atoms. The van der Waals surface area contributed by atoms with Crippen LogP contribution in [0.3, 0.4) is 0 Å². The number of carbonyl (C=O) groups is 2. The van der Waals surface area contributed by atoms with Crippen LogP contribution in [0.5, 0.6) is 5.75 Å². The number of nitrogens with one attached hydrogen (secondary N) is 2. The van der Waals surface area contributed by atoms with E-state index in [1.165, 1.54) is 18.2 Å². The van der Waals surface area contributed by atoms with Crippen LogP contribution in [0.25, 0.3) is 0 Å². The van der Waals surface area contributed by atoms with Gasteiger partial charge in [0.05, 0.1) is 6.42 Å². The number of carbonyl (C=O) groups excluding carboxylic acids is 2. The van der Waals surface area contributed by atoms with Crippen molar-refractivity contribution in [2.45, 2.75) is 78.3 Å². The Balaban J connectivity index is 0.000000770. The van der Waals surface area contributed by atoms with Crippen molar-refractivity contribution in [2.24, 2.45) is 5.92 Å². The summed E-state index contributed by atoms with van der Waals surface area (Å²) in [7, 11) is 0. The summed E-state index contributed by atoms with van der Waals surface area (Å²) in [5.74, 6) is -0.911. The molecule has 0 saturated carbocycles. The highest BCUT2D eigenvalue weighted by atomic mass is 19.4. The lowest BCUT2D eigenvalue weighted by molar-refractivity contribution is -0.274. The van der Waals surface area contributed by atoms with Crippen molar-refractivity contribution in [3.8, 4) is 5.75 Å². The van der Waals surface area contributed by atoms with Crippen molar-refractivity contribution in [1.82, 2.24) is 10.6 Å². The van der Waals surface area contributed by atoms with Gasteiger partial charge in [-0.05, 0) is 43.4 Å². The Kier molecular flexibility index (Phi) is 15.0. The Bertz CT molecular complexity index is 717. The van der Waals surface area contributed by atoms with Crippen LogP contribution < -0.4 is 15.4 Å². The third kappa shape index (κ3) is 17.1. The predicted molar refractivity (Wildman–Crippen MR) is 117 cm³/mol. The van der Waals surface area contributed by atoms with Crippen molar-refractivity contribution >= 4 is 11.8 Å². The Labute approximate surface area is 196 Å². The van der Waals surface area contributed by atoms with Crippen molar-refractivity contribution in [1.29, 1.82) is 0 Å². The lowest BCUT2D eigenvalue weighted by atomic mass is 9.98. The Morgan fingerprint density at radius 3 is 2.06 bits per heavy atom. The largest absolute Gasteiger partial charge is 0.573 e. The van der Waals surface area contributed by atoms with Gasteiger partial charge < -0.3 is 15.4 Å². The second-order valence-electron chi connectivity index (χ2n) is 7.69. The standard InChI is InChI=1S/C16H22F3NO2.C7H12F3NO/c1-3-6-12(7-4-2)11-20-15(21)13-8-5-9-14(10-13)22-16(17,18)19;1-2-5-11-6(12)3-4-7(8,9)10/h5,8-10,12H,3-4,6-7,11H2,1-2H3,(H,20,21);2-5H2,1H3,(H,11,12). The lowest BCUT2D eigenvalue weighted by Crippen LogP contribution is -2.29. The van der Waals surface area contributed by atoms with Crippen LogP contribution in [0.4, 0.5) is 26.3 Å². The number of rotatable bonds is 12. The van der Waals surface area contributed by atoms with Crippen molar-refractivity contribution < 1.29 is 40.7 Å². The molecule has 1 rings (SSSR count). The average molecular weight is 501 g/mol. The van der Waals surface area contributed by atoms with E-state index in [1.807, 2.05) is 6.92 Å². The summed E-state index contributed by atoms with van der Waals surface area (Å²) in [6, 6.07) is 5.09. The van der Waals surface area contributed by atoms with E-state index in [1.54, 1.807) is 0 Å². The first-order valence-corrected chi connectivity index (χ1v) is 11.3. The zero-order valence-electron chi connectivity index (χ0n) is 19.7. The Morgan fingerprint density at radius 2 is 1.56 bits per heavy atom. The van der Waals surface area contributed by atoms with E-state index < -0.39 is 31.3 Å². The molecule has 0 aliphatic carbocycles. The molecule has 0 aliphatic heterocycles. The summed E-state index contributed by atoms with van der Waals surface area (Å²) in [4.78, 5) is 22.7. The first kappa shape index (κ1) is 31.5. The summed E-state index contributed by atoms with van der Waals surface area (Å²) in [6.07, 6.45) is -5.66. The molecular weight excluding hydrogens is 466 g/mol. The van der Waals surface area contributed by atoms with Crippen LogP contribution in [0.1, 0.15) is 76.1 Å². The first-order valence-electron chi connectivity index (χ1n) is 11.3. The van der Waals surface area contributed by atoms with E-state index >= 15 is 0 Å². The Morgan fingerprint density at radius 1 is 0.941 bits per heavy atom. The van der Waals surface area contributed by atoms with Crippen molar-refractivity contribution in [3.05, 3.63) is 29.8 Å². The molecule has 0 radical (unpaired) electrons.